The Kier molecular flexibility index (Phi) is 5.27. The summed E-state index contributed by atoms with van der Waals surface area (Å²) in [6.45, 7) is 5.76. The van der Waals surface area contributed by atoms with E-state index >= 15 is 0 Å². The highest BCUT2D eigenvalue weighted by atomic mass is 16.5. The van der Waals surface area contributed by atoms with Gasteiger partial charge in [0.1, 0.15) is 18.1 Å². The zero-order valence-corrected chi connectivity index (χ0v) is 14.8. The van der Waals surface area contributed by atoms with E-state index in [1.807, 2.05) is 35.2 Å². The molecule has 3 rings (SSSR count). The average molecular weight is 339 g/mol. The SMILES string of the molecule is CC(C)CC(C(=O)N1CCOc2ccc(O)cc2C1)c1ccccc1. The summed E-state index contributed by atoms with van der Waals surface area (Å²) >= 11 is 0. The molecule has 0 spiro atoms. The molecule has 2 aromatic carbocycles. The van der Waals surface area contributed by atoms with E-state index in [9.17, 15) is 9.90 Å². The van der Waals surface area contributed by atoms with Gasteiger partial charge in [0.05, 0.1) is 12.5 Å². The van der Waals surface area contributed by atoms with Crippen molar-refractivity contribution in [2.24, 2.45) is 5.92 Å². The van der Waals surface area contributed by atoms with E-state index in [-0.39, 0.29) is 17.6 Å². The monoisotopic (exact) mass is 339 g/mol. The summed E-state index contributed by atoms with van der Waals surface area (Å²) < 4.78 is 5.75. The van der Waals surface area contributed by atoms with Crippen LogP contribution >= 0.6 is 0 Å². The molecule has 1 aliphatic rings. The molecule has 4 nitrogen and oxygen atoms in total. The van der Waals surface area contributed by atoms with Crippen LogP contribution in [0.1, 0.15) is 37.3 Å². The maximum atomic E-state index is 13.3. The second kappa shape index (κ2) is 7.60. The molecule has 1 amide bonds. The zero-order chi connectivity index (χ0) is 17.8. The summed E-state index contributed by atoms with van der Waals surface area (Å²) in [4.78, 5) is 15.1. The molecule has 132 valence electrons. The molecule has 0 aromatic heterocycles. The number of fused-ring (bicyclic) bond motifs is 1. The lowest BCUT2D eigenvalue weighted by atomic mass is 9.89. The highest BCUT2D eigenvalue weighted by Gasteiger charge is 2.28. The van der Waals surface area contributed by atoms with Crippen LogP contribution in [0.25, 0.3) is 0 Å². The van der Waals surface area contributed by atoms with Crippen molar-refractivity contribution in [2.75, 3.05) is 13.2 Å². The lowest BCUT2D eigenvalue weighted by Gasteiger charge is -2.27. The van der Waals surface area contributed by atoms with Crippen molar-refractivity contribution >= 4 is 5.91 Å². The van der Waals surface area contributed by atoms with Crippen LogP contribution in [0.4, 0.5) is 0 Å². The van der Waals surface area contributed by atoms with E-state index in [1.54, 1.807) is 18.2 Å². The Morgan fingerprint density at radius 2 is 1.96 bits per heavy atom. The molecule has 1 heterocycles. The van der Waals surface area contributed by atoms with E-state index in [2.05, 4.69) is 13.8 Å². The summed E-state index contributed by atoms with van der Waals surface area (Å²) in [5, 5.41) is 9.75. The predicted molar refractivity (Wildman–Crippen MR) is 97.7 cm³/mol. The third kappa shape index (κ3) is 4.13. The van der Waals surface area contributed by atoms with Crippen molar-refractivity contribution < 1.29 is 14.6 Å². The Morgan fingerprint density at radius 1 is 1.20 bits per heavy atom. The van der Waals surface area contributed by atoms with Gasteiger partial charge in [-0.3, -0.25) is 4.79 Å². The first-order valence-corrected chi connectivity index (χ1v) is 8.83. The molecule has 4 heteroatoms. The topological polar surface area (TPSA) is 49.8 Å². The second-order valence-corrected chi connectivity index (χ2v) is 6.99. The van der Waals surface area contributed by atoms with Crippen LogP contribution in [0.3, 0.4) is 0 Å². The zero-order valence-electron chi connectivity index (χ0n) is 14.8. The van der Waals surface area contributed by atoms with Crippen molar-refractivity contribution in [2.45, 2.75) is 32.7 Å². The van der Waals surface area contributed by atoms with Gasteiger partial charge in [-0.15, -0.1) is 0 Å². The van der Waals surface area contributed by atoms with Gasteiger partial charge in [-0.05, 0) is 36.1 Å². The minimum absolute atomic E-state index is 0.125. The molecule has 0 aliphatic carbocycles. The third-order valence-electron chi connectivity index (χ3n) is 4.54. The largest absolute Gasteiger partial charge is 0.508 e. The molecule has 0 fully saturated rings. The molecule has 0 radical (unpaired) electrons. The van der Waals surface area contributed by atoms with Crippen molar-refractivity contribution in [1.82, 2.24) is 4.90 Å². The summed E-state index contributed by atoms with van der Waals surface area (Å²) in [7, 11) is 0. The Labute approximate surface area is 149 Å². The van der Waals surface area contributed by atoms with Crippen LogP contribution in [0.5, 0.6) is 11.5 Å². The number of carbonyl (C=O) groups is 1. The number of phenolic OH excluding ortho intramolecular Hbond substituents is 1. The number of ether oxygens (including phenoxy) is 1. The van der Waals surface area contributed by atoms with Crippen molar-refractivity contribution in [1.29, 1.82) is 0 Å². The number of hydrogen-bond acceptors (Lipinski definition) is 3. The van der Waals surface area contributed by atoms with Gasteiger partial charge in [-0.2, -0.15) is 0 Å². The van der Waals surface area contributed by atoms with E-state index in [1.165, 1.54) is 0 Å². The van der Waals surface area contributed by atoms with E-state index in [4.69, 9.17) is 4.74 Å². The molecule has 0 saturated carbocycles. The fraction of sp³-hybridized carbons (Fsp3) is 0.381. The van der Waals surface area contributed by atoms with Crippen LogP contribution < -0.4 is 4.74 Å². The number of carbonyl (C=O) groups excluding carboxylic acids is 1. The van der Waals surface area contributed by atoms with Gasteiger partial charge in [0.2, 0.25) is 5.91 Å². The lowest BCUT2D eigenvalue weighted by molar-refractivity contribution is -0.134. The van der Waals surface area contributed by atoms with Gasteiger partial charge in [0, 0.05) is 12.1 Å². The molecule has 1 N–H and O–H groups in total. The second-order valence-electron chi connectivity index (χ2n) is 6.99. The Bertz CT molecular complexity index is 727. The van der Waals surface area contributed by atoms with Gasteiger partial charge in [-0.25, -0.2) is 0 Å². The number of phenols is 1. The quantitative estimate of drug-likeness (QED) is 0.918. The first-order valence-electron chi connectivity index (χ1n) is 8.83. The number of aromatic hydroxyl groups is 1. The molecule has 1 atom stereocenters. The first-order chi connectivity index (χ1) is 12.0. The highest BCUT2D eigenvalue weighted by Crippen LogP contribution is 2.30. The van der Waals surface area contributed by atoms with E-state index in [0.717, 1.165) is 23.3 Å². The standard InChI is InChI=1S/C21H25NO3/c1-15(2)12-19(16-6-4-3-5-7-16)21(24)22-10-11-25-20-9-8-18(23)13-17(20)14-22/h3-9,13,15,19,23H,10-12,14H2,1-2H3. The minimum Gasteiger partial charge on any atom is -0.508 e. The number of amides is 1. The van der Waals surface area contributed by atoms with Crippen molar-refractivity contribution in [3.8, 4) is 11.5 Å². The molecule has 0 saturated heterocycles. The molecule has 25 heavy (non-hydrogen) atoms. The molecular weight excluding hydrogens is 314 g/mol. The normalized spacial score (nSPS) is 15.2. The maximum Gasteiger partial charge on any atom is 0.230 e. The molecule has 1 unspecified atom stereocenters. The summed E-state index contributed by atoms with van der Waals surface area (Å²) in [6.07, 6.45) is 0.813. The van der Waals surface area contributed by atoms with E-state index < -0.39 is 0 Å². The average Bonchev–Trinajstić information content (AvgIpc) is 2.81. The fourth-order valence-corrected chi connectivity index (χ4v) is 3.33. The van der Waals surface area contributed by atoms with Crippen molar-refractivity contribution in [3.63, 3.8) is 0 Å². The predicted octanol–water partition coefficient (Wildman–Crippen LogP) is 3.94. The summed E-state index contributed by atoms with van der Waals surface area (Å²) in [5.41, 5.74) is 1.91. The first kappa shape index (κ1) is 17.3. The van der Waals surface area contributed by atoms with Crippen LogP contribution in [0.15, 0.2) is 48.5 Å². The number of benzene rings is 2. The van der Waals surface area contributed by atoms with Crippen LogP contribution in [0, 0.1) is 5.92 Å². The molecule has 2 aromatic rings. The third-order valence-corrected chi connectivity index (χ3v) is 4.54. The number of hydrogen-bond donors (Lipinski definition) is 1. The summed E-state index contributed by atoms with van der Waals surface area (Å²) in [6, 6.07) is 15.0. The lowest BCUT2D eigenvalue weighted by Crippen LogP contribution is -2.36. The van der Waals surface area contributed by atoms with E-state index in [0.29, 0.717) is 25.6 Å². The Balaban J connectivity index is 1.86. The maximum absolute atomic E-state index is 13.3. The Morgan fingerprint density at radius 3 is 2.68 bits per heavy atom. The van der Waals surface area contributed by atoms with Crippen LogP contribution in [-0.4, -0.2) is 29.1 Å². The molecular formula is C21H25NO3. The molecule has 0 bridgehead atoms. The van der Waals surface area contributed by atoms with Gasteiger partial charge in [0.15, 0.2) is 0 Å². The minimum atomic E-state index is -0.153. The fourth-order valence-electron chi connectivity index (χ4n) is 3.33. The highest BCUT2D eigenvalue weighted by molar-refractivity contribution is 5.84. The number of nitrogens with zero attached hydrogens (tertiary/aromatic N) is 1. The van der Waals surface area contributed by atoms with Gasteiger partial charge in [-0.1, -0.05) is 44.2 Å². The number of rotatable bonds is 4. The Hall–Kier alpha value is -2.49. The van der Waals surface area contributed by atoms with Crippen LogP contribution in [-0.2, 0) is 11.3 Å². The van der Waals surface area contributed by atoms with Gasteiger partial charge in [0.25, 0.3) is 0 Å². The van der Waals surface area contributed by atoms with Gasteiger partial charge < -0.3 is 14.7 Å². The van der Waals surface area contributed by atoms with Crippen molar-refractivity contribution in [3.05, 3.63) is 59.7 Å². The van der Waals surface area contributed by atoms with Crippen LogP contribution in [0.2, 0.25) is 0 Å². The smallest absolute Gasteiger partial charge is 0.230 e. The van der Waals surface area contributed by atoms with Gasteiger partial charge >= 0.3 is 0 Å². The summed E-state index contributed by atoms with van der Waals surface area (Å²) in [5.74, 6) is 1.33. The molecule has 1 aliphatic heterocycles.